The van der Waals surface area contributed by atoms with E-state index in [1.54, 1.807) is 18.2 Å². The molecule has 1 aromatic heterocycles. The van der Waals surface area contributed by atoms with Gasteiger partial charge in [0.1, 0.15) is 5.82 Å². The van der Waals surface area contributed by atoms with Crippen molar-refractivity contribution in [1.82, 2.24) is 9.97 Å². The molecule has 136 valence electrons. The molecule has 0 saturated heterocycles. The van der Waals surface area contributed by atoms with E-state index in [-0.39, 0.29) is 5.82 Å². The molecule has 0 bridgehead atoms. The van der Waals surface area contributed by atoms with Gasteiger partial charge in [-0.3, -0.25) is 14.9 Å². The Hall–Kier alpha value is -3.62. The second-order valence-electron chi connectivity index (χ2n) is 5.12. The first-order valence-electron chi connectivity index (χ1n) is 7.42. The standard InChI is InChI=1S/C17H17N3O6/c1-4-5-11-8-10(9-12(25-2)15(11)26-3)6-7-13-18-16(21)14(20(23)24)17(22)19-13/h4,6-9H,1,5H2,2-3H3,(H2,18,19,21,22)/b7-6+. The molecule has 1 heterocycles. The summed E-state index contributed by atoms with van der Waals surface area (Å²) in [6.07, 6.45) is 5.29. The second-order valence-corrected chi connectivity index (χ2v) is 5.12. The third kappa shape index (κ3) is 3.89. The third-order valence-electron chi connectivity index (χ3n) is 3.45. The van der Waals surface area contributed by atoms with Crippen LogP contribution in [-0.2, 0) is 6.42 Å². The van der Waals surface area contributed by atoms with Crippen LogP contribution in [0.3, 0.4) is 0 Å². The number of aromatic hydroxyl groups is 1. The van der Waals surface area contributed by atoms with Gasteiger partial charge < -0.3 is 19.6 Å². The zero-order chi connectivity index (χ0) is 19.3. The number of H-pyrrole nitrogens is 1. The summed E-state index contributed by atoms with van der Waals surface area (Å²) in [7, 11) is 3.05. The Morgan fingerprint density at radius 1 is 1.35 bits per heavy atom. The monoisotopic (exact) mass is 359 g/mol. The predicted molar refractivity (Wildman–Crippen MR) is 95.6 cm³/mol. The Morgan fingerprint density at radius 3 is 2.62 bits per heavy atom. The van der Waals surface area contributed by atoms with Gasteiger partial charge in [0, 0.05) is 5.56 Å². The van der Waals surface area contributed by atoms with Gasteiger partial charge >= 0.3 is 11.2 Å². The van der Waals surface area contributed by atoms with Crippen molar-refractivity contribution in [2.75, 3.05) is 14.2 Å². The van der Waals surface area contributed by atoms with Gasteiger partial charge in [0.25, 0.3) is 5.88 Å². The van der Waals surface area contributed by atoms with Gasteiger partial charge in [0.15, 0.2) is 11.5 Å². The van der Waals surface area contributed by atoms with E-state index in [2.05, 4.69) is 16.5 Å². The van der Waals surface area contributed by atoms with E-state index in [0.717, 1.165) is 5.56 Å². The topological polar surface area (TPSA) is 128 Å². The summed E-state index contributed by atoms with van der Waals surface area (Å²) in [5.41, 5.74) is -0.488. The van der Waals surface area contributed by atoms with Gasteiger partial charge in [-0.05, 0) is 30.2 Å². The summed E-state index contributed by atoms with van der Waals surface area (Å²) in [6.45, 7) is 3.71. The van der Waals surface area contributed by atoms with Crippen molar-refractivity contribution in [2.45, 2.75) is 6.42 Å². The van der Waals surface area contributed by atoms with Crippen molar-refractivity contribution in [2.24, 2.45) is 0 Å². The van der Waals surface area contributed by atoms with Gasteiger partial charge in [-0.2, -0.15) is 4.98 Å². The molecule has 0 unspecified atom stereocenters. The summed E-state index contributed by atoms with van der Waals surface area (Å²) in [5, 5.41) is 20.2. The minimum absolute atomic E-state index is 0.0295. The average Bonchev–Trinajstić information content (AvgIpc) is 2.58. The zero-order valence-corrected chi connectivity index (χ0v) is 14.2. The number of hydrogen-bond acceptors (Lipinski definition) is 7. The third-order valence-corrected chi connectivity index (χ3v) is 3.45. The Labute approximate surface area is 148 Å². The molecule has 0 spiro atoms. The van der Waals surface area contributed by atoms with Gasteiger partial charge in [-0.15, -0.1) is 6.58 Å². The molecular weight excluding hydrogens is 342 g/mol. The van der Waals surface area contributed by atoms with E-state index < -0.39 is 22.0 Å². The summed E-state index contributed by atoms with van der Waals surface area (Å²) >= 11 is 0. The molecule has 0 atom stereocenters. The zero-order valence-electron chi connectivity index (χ0n) is 14.2. The number of methoxy groups -OCH3 is 2. The van der Waals surface area contributed by atoms with Crippen molar-refractivity contribution in [3.05, 3.63) is 62.2 Å². The minimum atomic E-state index is -1.04. The molecule has 26 heavy (non-hydrogen) atoms. The maximum absolute atomic E-state index is 11.7. The van der Waals surface area contributed by atoms with E-state index in [4.69, 9.17) is 9.47 Å². The van der Waals surface area contributed by atoms with Crippen molar-refractivity contribution in [3.63, 3.8) is 0 Å². The van der Waals surface area contributed by atoms with Crippen LogP contribution in [0.15, 0.2) is 29.6 Å². The number of nitrogens with one attached hydrogen (secondary N) is 1. The van der Waals surface area contributed by atoms with E-state index >= 15 is 0 Å². The first kappa shape index (κ1) is 18.7. The number of aromatic nitrogens is 2. The summed E-state index contributed by atoms with van der Waals surface area (Å²) in [5.74, 6) is 0.125. The van der Waals surface area contributed by atoms with Crippen LogP contribution < -0.4 is 15.0 Å². The highest BCUT2D eigenvalue weighted by Crippen LogP contribution is 2.33. The quantitative estimate of drug-likeness (QED) is 0.441. The fraction of sp³-hybridized carbons (Fsp3) is 0.176. The molecule has 0 radical (unpaired) electrons. The molecule has 2 aromatic rings. The Balaban J connectivity index is 2.45. The molecule has 0 aliphatic rings. The molecular formula is C17H17N3O6. The summed E-state index contributed by atoms with van der Waals surface area (Å²) in [4.78, 5) is 27.2. The molecule has 0 aliphatic heterocycles. The van der Waals surface area contributed by atoms with Crippen LogP contribution in [0.25, 0.3) is 12.2 Å². The first-order valence-corrected chi connectivity index (χ1v) is 7.42. The number of nitrogens with zero attached hydrogens (tertiary/aromatic N) is 2. The van der Waals surface area contributed by atoms with Gasteiger partial charge in [0.2, 0.25) is 0 Å². The SMILES string of the molecule is C=CCc1cc(/C=C/c2nc(O)c([N+](=O)[O-])c(=O)[nH]2)cc(OC)c1OC. The second kappa shape index (κ2) is 7.97. The molecule has 1 aromatic carbocycles. The van der Waals surface area contributed by atoms with E-state index in [0.29, 0.717) is 23.5 Å². The molecule has 0 amide bonds. The largest absolute Gasteiger partial charge is 0.493 e. The molecule has 0 aliphatic carbocycles. The fourth-order valence-electron chi connectivity index (χ4n) is 2.36. The number of allylic oxidation sites excluding steroid dienone is 1. The maximum Gasteiger partial charge on any atom is 0.395 e. The average molecular weight is 359 g/mol. The van der Waals surface area contributed by atoms with Gasteiger partial charge in [-0.25, -0.2) is 0 Å². The minimum Gasteiger partial charge on any atom is -0.493 e. The highest BCUT2D eigenvalue weighted by molar-refractivity contribution is 5.70. The van der Waals surface area contributed by atoms with Crippen molar-refractivity contribution >= 4 is 17.8 Å². The predicted octanol–water partition coefficient (Wildman–Crippen LogP) is 2.30. The number of benzene rings is 1. The summed E-state index contributed by atoms with van der Waals surface area (Å²) in [6, 6.07) is 3.55. The molecule has 0 saturated carbocycles. The van der Waals surface area contributed by atoms with Crippen LogP contribution in [0.2, 0.25) is 0 Å². The lowest BCUT2D eigenvalue weighted by molar-refractivity contribution is -0.387. The van der Waals surface area contributed by atoms with E-state index in [9.17, 15) is 20.0 Å². The van der Waals surface area contributed by atoms with Crippen LogP contribution >= 0.6 is 0 Å². The normalized spacial score (nSPS) is 10.7. The van der Waals surface area contributed by atoms with Crippen molar-refractivity contribution in [1.29, 1.82) is 0 Å². The van der Waals surface area contributed by atoms with Crippen LogP contribution in [0, 0.1) is 10.1 Å². The maximum atomic E-state index is 11.7. The highest BCUT2D eigenvalue weighted by atomic mass is 16.6. The molecule has 2 N–H and O–H groups in total. The van der Waals surface area contributed by atoms with Crippen LogP contribution in [0.1, 0.15) is 17.0 Å². The van der Waals surface area contributed by atoms with Gasteiger partial charge in [0.05, 0.1) is 19.1 Å². The molecule has 9 heteroatoms. The highest BCUT2D eigenvalue weighted by Gasteiger charge is 2.21. The number of hydrogen-bond donors (Lipinski definition) is 2. The number of nitro groups is 1. The van der Waals surface area contributed by atoms with E-state index in [1.807, 2.05) is 6.07 Å². The first-order chi connectivity index (χ1) is 12.4. The van der Waals surface area contributed by atoms with Crippen LogP contribution in [0.5, 0.6) is 17.4 Å². The number of ether oxygens (including phenoxy) is 2. The Morgan fingerprint density at radius 2 is 2.08 bits per heavy atom. The number of rotatable bonds is 7. The fourth-order valence-corrected chi connectivity index (χ4v) is 2.36. The number of aromatic amines is 1. The lowest BCUT2D eigenvalue weighted by atomic mass is 10.1. The smallest absolute Gasteiger partial charge is 0.395 e. The van der Waals surface area contributed by atoms with Gasteiger partial charge in [-0.1, -0.05) is 12.2 Å². The van der Waals surface area contributed by atoms with Crippen molar-refractivity contribution < 1.29 is 19.5 Å². The molecule has 0 fully saturated rings. The van der Waals surface area contributed by atoms with E-state index in [1.165, 1.54) is 20.3 Å². The summed E-state index contributed by atoms with van der Waals surface area (Å²) < 4.78 is 10.7. The lowest BCUT2D eigenvalue weighted by Crippen LogP contribution is -2.14. The molecule has 2 rings (SSSR count). The van der Waals surface area contributed by atoms with Crippen LogP contribution in [0.4, 0.5) is 5.69 Å². The lowest BCUT2D eigenvalue weighted by Gasteiger charge is -2.13. The van der Waals surface area contributed by atoms with Crippen molar-refractivity contribution in [3.8, 4) is 17.4 Å². The molecule has 9 nitrogen and oxygen atoms in total. The van der Waals surface area contributed by atoms with Crippen LogP contribution in [-0.4, -0.2) is 34.2 Å². The Bertz CT molecular complexity index is 933. The Kier molecular flexibility index (Phi) is 5.74.